The van der Waals surface area contributed by atoms with Gasteiger partial charge in [0, 0.05) is 12.1 Å². The smallest absolute Gasteiger partial charge is 0.0285 e. The molecule has 1 heterocycles. The minimum Gasteiger partial charge on any atom is -0.324 e. The van der Waals surface area contributed by atoms with Crippen molar-refractivity contribution in [2.45, 2.75) is 63.8 Å². The van der Waals surface area contributed by atoms with Crippen molar-refractivity contribution in [1.82, 2.24) is 4.90 Å². The van der Waals surface area contributed by atoms with Gasteiger partial charge in [-0.05, 0) is 44.7 Å². The van der Waals surface area contributed by atoms with Crippen molar-refractivity contribution in [2.75, 3.05) is 19.6 Å². The zero-order chi connectivity index (χ0) is 11.4. The van der Waals surface area contributed by atoms with E-state index in [9.17, 15) is 0 Å². The van der Waals surface area contributed by atoms with Crippen molar-refractivity contribution >= 4 is 0 Å². The summed E-state index contributed by atoms with van der Waals surface area (Å²) < 4.78 is 0. The lowest BCUT2D eigenvalue weighted by Crippen LogP contribution is -2.52. The molecule has 1 saturated carbocycles. The van der Waals surface area contributed by atoms with Crippen LogP contribution in [0.25, 0.3) is 0 Å². The third-order valence-electron chi connectivity index (χ3n) is 4.36. The summed E-state index contributed by atoms with van der Waals surface area (Å²) in [5.41, 5.74) is 6.72. The molecule has 0 amide bonds. The van der Waals surface area contributed by atoms with Gasteiger partial charge in [-0.2, -0.15) is 0 Å². The Morgan fingerprint density at radius 2 is 1.81 bits per heavy atom. The fourth-order valence-corrected chi connectivity index (χ4v) is 3.58. The van der Waals surface area contributed by atoms with Crippen LogP contribution in [0.2, 0.25) is 0 Å². The predicted octanol–water partition coefficient (Wildman–Crippen LogP) is 2.77. The summed E-state index contributed by atoms with van der Waals surface area (Å²) in [6.07, 6.45) is 10.8. The normalized spacial score (nSPS) is 38.2. The number of likely N-dealkylation sites (tertiary alicyclic amines) is 1. The molecule has 0 bridgehead atoms. The molecule has 1 saturated heterocycles. The van der Waals surface area contributed by atoms with Gasteiger partial charge in [0.05, 0.1) is 0 Å². The van der Waals surface area contributed by atoms with E-state index in [1.165, 1.54) is 64.5 Å². The number of hydrogen-bond acceptors (Lipinski definition) is 2. The van der Waals surface area contributed by atoms with Gasteiger partial charge in [-0.1, -0.05) is 32.6 Å². The summed E-state index contributed by atoms with van der Waals surface area (Å²) in [7, 11) is 0. The number of hydrogen-bond donors (Lipinski definition) is 1. The molecule has 2 atom stereocenters. The SMILES string of the molecule is CC1CCCC(N)(CN2CCCCCC2)C1. The molecule has 2 heteroatoms. The Morgan fingerprint density at radius 3 is 2.44 bits per heavy atom. The predicted molar refractivity (Wildman–Crippen MR) is 69.5 cm³/mol. The minimum atomic E-state index is 0.127. The van der Waals surface area contributed by atoms with E-state index in [2.05, 4.69) is 11.8 Å². The van der Waals surface area contributed by atoms with Crippen molar-refractivity contribution in [2.24, 2.45) is 11.7 Å². The van der Waals surface area contributed by atoms with Crippen molar-refractivity contribution in [3.05, 3.63) is 0 Å². The molecule has 2 fully saturated rings. The fourth-order valence-electron chi connectivity index (χ4n) is 3.58. The summed E-state index contributed by atoms with van der Waals surface area (Å²) in [6, 6.07) is 0. The van der Waals surface area contributed by atoms with Gasteiger partial charge < -0.3 is 10.6 Å². The number of rotatable bonds is 2. The van der Waals surface area contributed by atoms with Crippen molar-refractivity contribution in [3.63, 3.8) is 0 Å². The van der Waals surface area contributed by atoms with Crippen molar-refractivity contribution < 1.29 is 0 Å². The van der Waals surface area contributed by atoms with Gasteiger partial charge in [0.15, 0.2) is 0 Å². The molecule has 0 aromatic rings. The third-order valence-corrected chi connectivity index (χ3v) is 4.36. The molecule has 0 aromatic heterocycles. The van der Waals surface area contributed by atoms with E-state index in [4.69, 9.17) is 5.73 Å². The summed E-state index contributed by atoms with van der Waals surface area (Å²) in [4.78, 5) is 2.63. The lowest BCUT2D eigenvalue weighted by molar-refractivity contribution is 0.153. The van der Waals surface area contributed by atoms with Gasteiger partial charge in [0.2, 0.25) is 0 Å². The summed E-state index contributed by atoms with van der Waals surface area (Å²) in [6.45, 7) is 6.08. The average Bonchev–Trinajstić information content (AvgIpc) is 2.45. The minimum absolute atomic E-state index is 0.127. The van der Waals surface area contributed by atoms with Crippen LogP contribution in [0.3, 0.4) is 0 Å². The highest BCUT2D eigenvalue weighted by Gasteiger charge is 2.32. The van der Waals surface area contributed by atoms with Crippen LogP contribution in [0.15, 0.2) is 0 Å². The molecule has 1 aliphatic carbocycles. The average molecular weight is 224 g/mol. The molecule has 2 nitrogen and oxygen atoms in total. The van der Waals surface area contributed by atoms with Gasteiger partial charge in [-0.25, -0.2) is 0 Å². The molecule has 0 aromatic carbocycles. The van der Waals surface area contributed by atoms with Gasteiger partial charge >= 0.3 is 0 Å². The van der Waals surface area contributed by atoms with E-state index in [-0.39, 0.29) is 5.54 Å². The summed E-state index contributed by atoms with van der Waals surface area (Å²) >= 11 is 0. The molecular weight excluding hydrogens is 196 g/mol. The third kappa shape index (κ3) is 3.46. The van der Waals surface area contributed by atoms with Crippen molar-refractivity contribution in [3.8, 4) is 0 Å². The molecule has 16 heavy (non-hydrogen) atoms. The second-order valence-corrected chi connectivity index (χ2v) is 6.25. The van der Waals surface area contributed by atoms with E-state index < -0.39 is 0 Å². The highest BCUT2D eigenvalue weighted by Crippen LogP contribution is 2.31. The van der Waals surface area contributed by atoms with Crippen LogP contribution in [0.5, 0.6) is 0 Å². The molecule has 2 N–H and O–H groups in total. The highest BCUT2D eigenvalue weighted by atomic mass is 15.1. The summed E-state index contributed by atoms with van der Waals surface area (Å²) in [5, 5.41) is 0. The first-order chi connectivity index (χ1) is 7.68. The molecule has 2 aliphatic rings. The van der Waals surface area contributed by atoms with Gasteiger partial charge in [-0.15, -0.1) is 0 Å². The molecule has 2 unspecified atom stereocenters. The maximum absolute atomic E-state index is 6.59. The molecular formula is C14H28N2. The number of nitrogens with zero attached hydrogens (tertiary/aromatic N) is 1. The van der Waals surface area contributed by atoms with Crippen LogP contribution in [0.4, 0.5) is 0 Å². The van der Waals surface area contributed by atoms with Crippen LogP contribution in [0.1, 0.15) is 58.3 Å². The lowest BCUT2D eigenvalue weighted by atomic mass is 9.77. The number of nitrogens with two attached hydrogens (primary N) is 1. The maximum atomic E-state index is 6.59. The van der Waals surface area contributed by atoms with Gasteiger partial charge in [-0.3, -0.25) is 0 Å². The lowest BCUT2D eigenvalue weighted by Gasteiger charge is -2.40. The molecule has 1 aliphatic heterocycles. The molecule has 94 valence electrons. The van der Waals surface area contributed by atoms with Crippen LogP contribution >= 0.6 is 0 Å². The fraction of sp³-hybridized carbons (Fsp3) is 1.00. The second kappa shape index (κ2) is 5.50. The Hall–Kier alpha value is -0.0800. The van der Waals surface area contributed by atoms with Crippen LogP contribution in [-0.2, 0) is 0 Å². The Morgan fingerprint density at radius 1 is 1.12 bits per heavy atom. The van der Waals surface area contributed by atoms with E-state index >= 15 is 0 Å². The Balaban J connectivity index is 1.86. The van der Waals surface area contributed by atoms with Gasteiger partial charge in [0.25, 0.3) is 0 Å². The Bertz CT molecular complexity index is 209. The molecule has 0 radical (unpaired) electrons. The van der Waals surface area contributed by atoms with E-state index in [0.717, 1.165) is 12.5 Å². The largest absolute Gasteiger partial charge is 0.324 e. The first-order valence-electron chi connectivity index (χ1n) is 7.19. The van der Waals surface area contributed by atoms with Crippen LogP contribution < -0.4 is 5.73 Å². The van der Waals surface area contributed by atoms with Gasteiger partial charge in [0.1, 0.15) is 0 Å². The quantitative estimate of drug-likeness (QED) is 0.781. The van der Waals surface area contributed by atoms with E-state index in [1.807, 2.05) is 0 Å². The second-order valence-electron chi connectivity index (χ2n) is 6.25. The van der Waals surface area contributed by atoms with Crippen LogP contribution in [-0.4, -0.2) is 30.1 Å². The van der Waals surface area contributed by atoms with Crippen molar-refractivity contribution in [1.29, 1.82) is 0 Å². The zero-order valence-corrected chi connectivity index (χ0v) is 10.9. The topological polar surface area (TPSA) is 29.3 Å². The van der Waals surface area contributed by atoms with E-state index in [1.54, 1.807) is 0 Å². The monoisotopic (exact) mass is 224 g/mol. The standard InChI is InChI=1S/C14H28N2/c1-13-7-6-8-14(15,11-13)12-16-9-4-2-3-5-10-16/h13H,2-12,15H2,1H3. The summed E-state index contributed by atoms with van der Waals surface area (Å²) in [5.74, 6) is 0.839. The Labute approximate surface area is 101 Å². The first kappa shape index (κ1) is 12.4. The highest BCUT2D eigenvalue weighted by molar-refractivity contribution is 4.92. The molecule has 0 spiro atoms. The molecule has 2 rings (SSSR count). The zero-order valence-electron chi connectivity index (χ0n) is 10.9. The Kier molecular flexibility index (Phi) is 4.26. The van der Waals surface area contributed by atoms with Crippen LogP contribution in [0, 0.1) is 5.92 Å². The van der Waals surface area contributed by atoms with E-state index in [0.29, 0.717) is 0 Å². The maximum Gasteiger partial charge on any atom is 0.0285 e. The first-order valence-corrected chi connectivity index (χ1v) is 7.19.